The van der Waals surface area contributed by atoms with E-state index in [0.29, 0.717) is 5.82 Å². The zero-order valence-corrected chi connectivity index (χ0v) is 11.6. The van der Waals surface area contributed by atoms with E-state index in [1.165, 1.54) is 4.90 Å². The molecule has 1 saturated heterocycles. The average Bonchev–Trinajstić information content (AvgIpc) is 3.06. The number of fused-ring (bicyclic) bond motifs is 5. The molecule has 1 aromatic rings. The predicted octanol–water partition coefficient (Wildman–Crippen LogP) is 2.16. The summed E-state index contributed by atoms with van der Waals surface area (Å²) in [6.07, 6.45) is 6.75. The molecule has 1 aromatic heterocycles. The van der Waals surface area contributed by atoms with Crippen molar-refractivity contribution in [1.29, 1.82) is 0 Å². The Hall–Kier alpha value is -1.49. The largest absolute Gasteiger partial charge is 0.274 e. The second-order valence-corrected chi connectivity index (χ2v) is 6.26. The summed E-state index contributed by atoms with van der Waals surface area (Å²) in [7, 11) is 0. The van der Waals surface area contributed by atoms with Crippen molar-refractivity contribution in [2.24, 2.45) is 23.7 Å². The highest BCUT2D eigenvalue weighted by Crippen LogP contribution is 2.52. The summed E-state index contributed by atoms with van der Waals surface area (Å²) in [5, 5.41) is 0. The summed E-state index contributed by atoms with van der Waals surface area (Å²) in [6.45, 7) is 0. The second kappa shape index (κ2) is 3.76. The number of carbonyl (C=O) groups is 2. The van der Waals surface area contributed by atoms with Crippen molar-refractivity contribution in [3.8, 4) is 0 Å². The number of rotatable bonds is 1. The van der Waals surface area contributed by atoms with Crippen molar-refractivity contribution in [3.05, 3.63) is 35.0 Å². The first-order valence-electron chi connectivity index (χ1n) is 6.34. The highest BCUT2D eigenvalue weighted by atomic mass is 79.9. The van der Waals surface area contributed by atoms with Crippen molar-refractivity contribution in [2.75, 3.05) is 4.90 Å². The fourth-order valence-corrected chi connectivity index (χ4v) is 3.86. The Morgan fingerprint density at radius 2 is 1.74 bits per heavy atom. The minimum atomic E-state index is -0.159. The quantitative estimate of drug-likeness (QED) is 0.589. The molecule has 1 saturated carbocycles. The number of allylic oxidation sites excluding steroid dienone is 2. The number of hydrogen-bond donors (Lipinski definition) is 0. The van der Waals surface area contributed by atoms with Crippen LogP contribution in [0.1, 0.15) is 6.42 Å². The van der Waals surface area contributed by atoms with Gasteiger partial charge in [-0.1, -0.05) is 12.2 Å². The molecule has 4 atom stereocenters. The zero-order valence-electron chi connectivity index (χ0n) is 9.99. The van der Waals surface area contributed by atoms with Gasteiger partial charge in [0.15, 0.2) is 0 Å². The molecule has 4 unspecified atom stereocenters. The second-order valence-electron chi connectivity index (χ2n) is 5.35. The zero-order chi connectivity index (χ0) is 13.1. The van der Waals surface area contributed by atoms with Crippen LogP contribution in [0.4, 0.5) is 5.82 Å². The fourth-order valence-electron chi connectivity index (χ4n) is 3.63. The summed E-state index contributed by atoms with van der Waals surface area (Å²) in [5.74, 6) is 0.440. The molecule has 4 rings (SSSR count). The molecule has 2 amide bonds. The van der Waals surface area contributed by atoms with Gasteiger partial charge >= 0.3 is 0 Å². The minimum absolute atomic E-state index is 0.0818. The van der Waals surface area contributed by atoms with Crippen LogP contribution in [0.25, 0.3) is 0 Å². The summed E-state index contributed by atoms with van der Waals surface area (Å²) < 4.78 is 0.831. The SMILES string of the molecule is O=C1C2C3C=CC(C3)C2C(=O)N1c1ccc(Br)cn1. The maximum atomic E-state index is 12.5. The molecule has 2 heterocycles. The van der Waals surface area contributed by atoms with Crippen LogP contribution in [0.2, 0.25) is 0 Å². The molecule has 2 fully saturated rings. The van der Waals surface area contributed by atoms with E-state index in [2.05, 4.69) is 33.1 Å². The van der Waals surface area contributed by atoms with Crippen LogP contribution >= 0.6 is 15.9 Å². The Morgan fingerprint density at radius 3 is 2.26 bits per heavy atom. The van der Waals surface area contributed by atoms with Gasteiger partial charge in [-0.05, 0) is 46.3 Å². The molecule has 0 aromatic carbocycles. The third-order valence-corrected chi connectivity index (χ3v) is 4.88. The van der Waals surface area contributed by atoms with Crippen LogP contribution in [0.3, 0.4) is 0 Å². The number of halogens is 1. The molecule has 0 N–H and O–H groups in total. The lowest BCUT2D eigenvalue weighted by Gasteiger charge is -2.15. The van der Waals surface area contributed by atoms with Crippen molar-refractivity contribution in [1.82, 2.24) is 4.98 Å². The summed E-state index contributed by atoms with van der Waals surface area (Å²) in [4.78, 5) is 30.4. The van der Waals surface area contributed by atoms with Gasteiger partial charge in [-0.2, -0.15) is 0 Å². The lowest BCUT2D eigenvalue weighted by molar-refractivity contribution is -0.123. The van der Waals surface area contributed by atoms with E-state index in [4.69, 9.17) is 0 Å². The number of carbonyl (C=O) groups excluding carboxylic acids is 2. The Labute approximate surface area is 118 Å². The van der Waals surface area contributed by atoms with Crippen molar-refractivity contribution < 1.29 is 9.59 Å². The predicted molar refractivity (Wildman–Crippen MR) is 72.1 cm³/mol. The van der Waals surface area contributed by atoms with Gasteiger partial charge < -0.3 is 0 Å². The average molecular weight is 319 g/mol. The van der Waals surface area contributed by atoms with Gasteiger partial charge in [0.2, 0.25) is 11.8 Å². The van der Waals surface area contributed by atoms with Crippen LogP contribution in [0.5, 0.6) is 0 Å². The number of aromatic nitrogens is 1. The number of hydrogen-bond acceptors (Lipinski definition) is 3. The van der Waals surface area contributed by atoms with E-state index in [1.54, 1.807) is 18.3 Å². The number of amides is 2. The van der Waals surface area contributed by atoms with Gasteiger partial charge in [0.1, 0.15) is 5.82 Å². The third kappa shape index (κ3) is 1.42. The van der Waals surface area contributed by atoms with Crippen LogP contribution in [-0.4, -0.2) is 16.8 Å². The lowest BCUT2D eigenvalue weighted by Crippen LogP contribution is -2.33. The van der Waals surface area contributed by atoms with Crippen LogP contribution < -0.4 is 4.90 Å². The van der Waals surface area contributed by atoms with E-state index in [1.807, 2.05) is 0 Å². The number of imide groups is 1. The normalized spacial score (nSPS) is 35.3. The highest BCUT2D eigenvalue weighted by molar-refractivity contribution is 9.10. The molecule has 19 heavy (non-hydrogen) atoms. The highest BCUT2D eigenvalue weighted by Gasteiger charge is 2.59. The third-order valence-electron chi connectivity index (χ3n) is 4.41. The summed E-state index contributed by atoms with van der Waals surface area (Å²) in [6, 6.07) is 3.50. The van der Waals surface area contributed by atoms with Gasteiger partial charge in [-0.25, -0.2) is 9.88 Å². The van der Waals surface area contributed by atoms with Crippen molar-refractivity contribution >= 4 is 33.6 Å². The van der Waals surface area contributed by atoms with E-state index in [9.17, 15) is 9.59 Å². The Balaban J connectivity index is 1.74. The van der Waals surface area contributed by atoms with Crippen LogP contribution in [0, 0.1) is 23.7 Å². The van der Waals surface area contributed by atoms with Gasteiger partial charge in [0.25, 0.3) is 0 Å². The van der Waals surface area contributed by atoms with E-state index >= 15 is 0 Å². The lowest BCUT2D eigenvalue weighted by atomic mass is 9.85. The first kappa shape index (κ1) is 11.3. The van der Waals surface area contributed by atoms with Crippen LogP contribution in [0.15, 0.2) is 35.0 Å². The topological polar surface area (TPSA) is 50.3 Å². The molecule has 3 aliphatic rings. The van der Waals surface area contributed by atoms with Gasteiger partial charge in [0.05, 0.1) is 11.8 Å². The van der Waals surface area contributed by atoms with E-state index in [0.717, 1.165) is 10.9 Å². The number of pyridine rings is 1. The van der Waals surface area contributed by atoms with Gasteiger partial charge in [-0.15, -0.1) is 0 Å². The molecular weight excluding hydrogens is 308 g/mol. The smallest absolute Gasteiger partial charge is 0.239 e. The molecule has 0 spiro atoms. The Morgan fingerprint density at radius 1 is 1.11 bits per heavy atom. The maximum Gasteiger partial charge on any atom is 0.239 e. The Kier molecular flexibility index (Phi) is 2.24. The summed E-state index contributed by atoms with van der Waals surface area (Å²) >= 11 is 3.30. The summed E-state index contributed by atoms with van der Waals surface area (Å²) in [5.41, 5.74) is 0. The van der Waals surface area contributed by atoms with Crippen molar-refractivity contribution in [2.45, 2.75) is 6.42 Å². The van der Waals surface area contributed by atoms with Gasteiger partial charge in [0, 0.05) is 10.7 Å². The number of nitrogens with zero attached hydrogens (tertiary/aromatic N) is 2. The standard InChI is InChI=1S/C14H11BrN2O2/c15-9-3-4-10(16-6-9)17-13(18)11-7-1-2-8(5-7)12(11)14(17)19/h1-4,6-8,11-12H,5H2. The molecular formula is C14H11BrN2O2. The maximum absolute atomic E-state index is 12.5. The van der Waals surface area contributed by atoms with E-state index < -0.39 is 0 Å². The molecule has 1 aliphatic heterocycles. The Bertz CT molecular complexity index is 580. The van der Waals surface area contributed by atoms with Crippen molar-refractivity contribution in [3.63, 3.8) is 0 Å². The first-order chi connectivity index (χ1) is 9.16. The molecule has 4 nitrogen and oxygen atoms in total. The molecule has 2 bridgehead atoms. The molecule has 96 valence electrons. The monoisotopic (exact) mass is 318 g/mol. The molecule has 5 heteroatoms. The van der Waals surface area contributed by atoms with Crippen LogP contribution in [-0.2, 0) is 9.59 Å². The fraction of sp³-hybridized carbons (Fsp3) is 0.357. The first-order valence-corrected chi connectivity index (χ1v) is 7.14. The van der Waals surface area contributed by atoms with Gasteiger partial charge in [-0.3, -0.25) is 9.59 Å². The van der Waals surface area contributed by atoms with E-state index in [-0.39, 0.29) is 35.5 Å². The number of anilines is 1. The molecule has 0 radical (unpaired) electrons. The molecule has 2 aliphatic carbocycles. The minimum Gasteiger partial charge on any atom is -0.274 e.